The lowest BCUT2D eigenvalue weighted by Crippen LogP contribution is -2.52. The molecule has 0 aromatic heterocycles. The Morgan fingerprint density at radius 2 is 1.86 bits per heavy atom. The molecule has 0 bridgehead atoms. The maximum absolute atomic E-state index is 15.2. The first-order valence-electron chi connectivity index (χ1n) is 13.1. The molecule has 0 spiro atoms. The van der Waals surface area contributed by atoms with Crippen molar-refractivity contribution in [2.75, 3.05) is 6.61 Å². The van der Waals surface area contributed by atoms with Crippen LogP contribution in [0.3, 0.4) is 0 Å². The Balaban J connectivity index is 1.63. The van der Waals surface area contributed by atoms with Crippen molar-refractivity contribution in [2.45, 2.75) is 69.9 Å². The quantitative estimate of drug-likeness (QED) is 0.162. The second-order valence-corrected chi connectivity index (χ2v) is 11.9. The zero-order valence-electron chi connectivity index (χ0n) is 23.1. The Labute approximate surface area is 243 Å². The van der Waals surface area contributed by atoms with Crippen LogP contribution in [0.1, 0.15) is 27.2 Å². The van der Waals surface area contributed by atoms with Gasteiger partial charge in [-0.1, -0.05) is 30.3 Å². The number of Topliss-reactive ketones (excluding diaryl/α,β-unsaturated/α-hetero) is 1. The number of fused-ring (bicyclic) bond motifs is 1. The van der Waals surface area contributed by atoms with Crippen LogP contribution in [0.5, 0.6) is 5.75 Å². The minimum Gasteiger partial charge on any atom is -0.462 e. The number of hydrogen-bond acceptors (Lipinski definition) is 9. The van der Waals surface area contributed by atoms with Gasteiger partial charge in [-0.25, -0.2) is 22.1 Å². The Morgan fingerprint density at radius 3 is 2.51 bits per heavy atom. The number of aliphatic hydroxyl groups excluding tert-OH is 1. The summed E-state index contributed by atoms with van der Waals surface area (Å²) in [5, 5.41) is 14.3. The molecule has 0 saturated carbocycles. The van der Waals surface area contributed by atoms with Crippen LogP contribution in [0, 0.1) is 0 Å². The average Bonchev–Trinajstić information content (AvgIpc) is 3.19. The number of carbonyl (C=O) groups excluding carboxylic acids is 3. The maximum atomic E-state index is 15.2. The Kier molecular flexibility index (Phi) is 9.62. The van der Waals surface area contributed by atoms with E-state index in [0.717, 1.165) is 5.39 Å². The van der Waals surface area contributed by atoms with Crippen LogP contribution in [0.2, 0.25) is 0 Å². The van der Waals surface area contributed by atoms with Crippen molar-refractivity contribution < 1.29 is 60.1 Å². The number of aliphatic hydroxyl groups is 1. The van der Waals surface area contributed by atoms with Gasteiger partial charge in [0.2, 0.25) is 11.7 Å². The molecule has 1 saturated heterocycles. The number of alkyl halides is 3. The van der Waals surface area contributed by atoms with E-state index in [2.05, 4.69) is 5.09 Å². The van der Waals surface area contributed by atoms with Crippen LogP contribution < -0.4 is 9.61 Å². The maximum Gasteiger partial charge on any atom is 0.459 e. The minimum absolute atomic E-state index is 0.0663. The molecule has 234 valence electrons. The number of nitrogens with one attached hydrogen (secondary N) is 1. The highest BCUT2D eigenvalue weighted by Gasteiger charge is 2.63. The lowest BCUT2D eigenvalue weighted by atomic mass is 9.97. The number of nitrogens with zero attached hydrogens (tertiary/aromatic N) is 1. The molecule has 1 unspecified atom stereocenters. The minimum atomic E-state index is -4.83. The first-order valence-corrected chi connectivity index (χ1v) is 14.6. The number of amides is 1. The highest BCUT2D eigenvalue weighted by Crippen LogP contribution is 2.49. The van der Waals surface area contributed by atoms with E-state index >= 15 is 4.39 Å². The summed E-state index contributed by atoms with van der Waals surface area (Å²) in [4.78, 5) is 36.4. The van der Waals surface area contributed by atoms with Gasteiger partial charge < -0.3 is 19.1 Å². The first-order chi connectivity index (χ1) is 20.2. The number of esters is 1. The fourth-order valence-corrected chi connectivity index (χ4v) is 5.94. The SMILES string of the molecule is CC(C)OC(=O)[C@H](C)NP(=O)(OC[C@@]1(C(F)F)O[C@@H](N2C=C(F)C(=O)CC2=O)[C@H](F)[C@@H]1O)Oc1ccc2ccccc2c1. The van der Waals surface area contributed by atoms with Crippen molar-refractivity contribution in [2.24, 2.45) is 0 Å². The Morgan fingerprint density at radius 1 is 1.19 bits per heavy atom. The largest absolute Gasteiger partial charge is 0.462 e. The predicted octanol–water partition coefficient (Wildman–Crippen LogP) is 3.94. The third-order valence-electron chi connectivity index (χ3n) is 6.64. The summed E-state index contributed by atoms with van der Waals surface area (Å²) in [7, 11) is -4.83. The molecule has 0 aliphatic carbocycles. The lowest BCUT2D eigenvalue weighted by molar-refractivity contribution is -0.200. The fraction of sp³-hybridized carbons (Fsp3) is 0.444. The summed E-state index contributed by atoms with van der Waals surface area (Å²) < 4.78 is 93.1. The van der Waals surface area contributed by atoms with E-state index in [1.54, 1.807) is 44.2 Å². The molecule has 43 heavy (non-hydrogen) atoms. The van der Waals surface area contributed by atoms with Crippen molar-refractivity contribution >= 4 is 36.2 Å². The van der Waals surface area contributed by atoms with Crippen LogP contribution in [0.15, 0.2) is 54.5 Å². The molecule has 1 amide bonds. The number of ketones is 1. The summed E-state index contributed by atoms with van der Waals surface area (Å²) in [6, 6.07) is 10.1. The monoisotopic (exact) mass is 632 g/mol. The first kappa shape index (κ1) is 32.6. The van der Waals surface area contributed by atoms with E-state index in [9.17, 15) is 37.2 Å². The van der Waals surface area contributed by atoms with E-state index in [1.165, 1.54) is 19.1 Å². The molecule has 2 aromatic rings. The number of halogens is 4. The lowest BCUT2D eigenvalue weighted by Gasteiger charge is -2.33. The summed E-state index contributed by atoms with van der Waals surface area (Å²) in [6.45, 7) is 2.88. The molecule has 2 aliphatic heterocycles. The van der Waals surface area contributed by atoms with Crippen LogP contribution >= 0.6 is 7.75 Å². The zero-order valence-corrected chi connectivity index (χ0v) is 24.0. The summed E-state index contributed by atoms with van der Waals surface area (Å²) in [5.74, 6) is -4.78. The molecule has 2 aromatic carbocycles. The van der Waals surface area contributed by atoms with Gasteiger partial charge in [-0.2, -0.15) is 5.09 Å². The number of allylic oxidation sites excluding steroid dienone is 1. The standard InChI is InChI=1S/C27H29F4N2O9P/c1-14(2)40-25(37)15(3)32-43(38,42-18-9-8-16-6-4-5-7-17(16)10-18)39-13-27(26(30)31)23(36)22(29)24(41-27)33-12-19(28)20(34)11-21(33)35/h4-10,12,14-15,22-24,26,36H,11,13H2,1-3H3,(H,32,38)/t15-,22+,23-,24+,27+,43?/m0/s1. The molecular formula is C27H29F4N2O9P. The van der Waals surface area contributed by atoms with E-state index in [1.807, 2.05) is 0 Å². The van der Waals surface area contributed by atoms with Gasteiger partial charge in [0.15, 0.2) is 23.8 Å². The van der Waals surface area contributed by atoms with Crippen LogP contribution in [0.25, 0.3) is 10.8 Å². The van der Waals surface area contributed by atoms with Gasteiger partial charge in [0.05, 0.1) is 19.1 Å². The average molecular weight is 633 g/mol. The van der Waals surface area contributed by atoms with Gasteiger partial charge >= 0.3 is 13.7 Å². The summed E-state index contributed by atoms with van der Waals surface area (Å²) in [6.07, 6.45) is -12.7. The Hall–Kier alpha value is -3.36. The van der Waals surface area contributed by atoms with Crippen LogP contribution in [-0.4, -0.2) is 76.9 Å². The van der Waals surface area contributed by atoms with Gasteiger partial charge in [0.25, 0.3) is 6.43 Å². The van der Waals surface area contributed by atoms with Crippen LogP contribution in [-0.2, 0) is 32.9 Å². The number of ether oxygens (including phenoxy) is 2. The van der Waals surface area contributed by atoms with Crippen molar-refractivity contribution in [3.63, 3.8) is 0 Å². The number of hydrogen-bond donors (Lipinski definition) is 2. The highest BCUT2D eigenvalue weighted by molar-refractivity contribution is 7.52. The topological polar surface area (TPSA) is 141 Å². The second-order valence-electron chi connectivity index (χ2n) is 10.2. The smallest absolute Gasteiger partial charge is 0.459 e. The molecule has 16 heteroatoms. The zero-order chi connectivity index (χ0) is 31.7. The van der Waals surface area contributed by atoms with Gasteiger partial charge in [-0.3, -0.25) is 23.8 Å². The summed E-state index contributed by atoms with van der Waals surface area (Å²) in [5.41, 5.74) is -3.25. The van der Waals surface area contributed by atoms with E-state index in [0.29, 0.717) is 5.39 Å². The highest BCUT2D eigenvalue weighted by atomic mass is 31.2. The van der Waals surface area contributed by atoms with Gasteiger partial charge in [-0.05, 0) is 43.7 Å². The molecule has 4 rings (SSSR count). The second kappa shape index (κ2) is 12.7. The number of benzene rings is 2. The fourth-order valence-electron chi connectivity index (χ4n) is 4.42. The number of rotatable bonds is 11. The molecule has 0 radical (unpaired) electrons. The van der Waals surface area contributed by atoms with Crippen molar-refractivity contribution in [3.05, 3.63) is 54.5 Å². The molecule has 2 heterocycles. The summed E-state index contributed by atoms with van der Waals surface area (Å²) >= 11 is 0. The van der Waals surface area contributed by atoms with Gasteiger partial charge in [0.1, 0.15) is 17.9 Å². The molecule has 2 aliphatic rings. The van der Waals surface area contributed by atoms with Gasteiger partial charge in [-0.15, -0.1) is 0 Å². The third-order valence-corrected chi connectivity index (χ3v) is 8.26. The van der Waals surface area contributed by atoms with Crippen LogP contribution in [0.4, 0.5) is 17.6 Å². The Bertz CT molecular complexity index is 1470. The normalized spacial score (nSPS) is 26.5. The van der Waals surface area contributed by atoms with E-state index in [4.69, 9.17) is 18.5 Å². The molecular weight excluding hydrogens is 603 g/mol. The molecule has 6 atom stereocenters. The van der Waals surface area contributed by atoms with Crippen molar-refractivity contribution in [3.8, 4) is 5.75 Å². The molecule has 1 fully saturated rings. The van der Waals surface area contributed by atoms with Crippen molar-refractivity contribution in [1.82, 2.24) is 9.99 Å². The van der Waals surface area contributed by atoms with Gasteiger partial charge in [0, 0.05) is 6.20 Å². The molecule has 11 nitrogen and oxygen atoms in total. The van der Waals surface area contributed by atoms with E-state index < -0.39 is 86.9 Å². The van der Waals surface area contributed by atoms with E-state index in [-0.39, 0.29) is 16.8 Å². The third kappa shape index (κ3) is 6.91. The predicted molar refractivity (Wildman–Crippen MR) is 142 cm³/mol. The molecule has 2 N–H and O–H groups in total. The van der Waals surface area contributed by atoms with Crippen molar-refractivity contribution in [1.29, 1.82) is 0 Å². The number of carbonyl (C=O) groups is 3.